The van der Waals surface area contributed by atoms with Gasteiger partial charge in [0.2, 0.25) is 20.2 Å². The maximum absolute atomic E-state index is 14.1. The first-order chi connectivity index (χ1) is 24.9. The fourth-order valence-corrected chi connectivity index (χ4v) is 12.1. The third-order valence-electron chi connectivity index (χ3n) is 8.82. The predicted octanol–water partition coefficient (Wildman–Crippen LogP) is 6.15. The zero-order chi connectivity index (χ0) is 41.4. The van der Waals surface area contributed by atoms with Gasteiger partial charge in [0.15, 0.2) is 12.1 Å². The van der Waals surface area contributed by atoms with Gasteiger partial charge >= 0.3 is 24.1 Å². The van der Waals surface area contributed by atoms with E-state index in [4.69, 9.17) is 29.1 Å². The summed E-state index contributed by atoms with van der Waals surface area (Å²) in [4.78, 5) is 70.6. The van der Waals surface area contributed by atoms with E-state index in [1.54, 1.807) is 41.5 Å². The fourth-order valence-electron chi connectivity index (χ4n) is 6.59. The van der Waals surface area contributed by atoms with Crippen LogP contribution in [0, 0.1) is 0 Å². The topological polar surface area (TPSA) is 206 Å². The first kappa shape index (κ1) is 48.5. The highest BCUT2D eigenvalue weighted by molar-refractivity contribution is 6.77. The summed E-state index contributed by atoms with van der Waals surface area (Å²) in [7, 11) is -2.83. The molecule has 1 saturated carbocycles. The summed E-state index contributed by atoms with van der Waals surface area (Å²) in [5.74, 6) is -2.54. The monoisotopic (exact) mass is 783 g/mol. The second kappa shape index (κ2) is 22.1. The number of esters is 2. The lowest BCUT2D eigenvalue weighted by molar-refractivity contribution is -0.167. The number of guanidine groups is 1. The van der Waals surface area contributed by atoms with Crippen molar-refractivity contribution in [3.63, 3.8) is 0 Å². The first-order valence-corrected chi connectivity index (χ1v) is 21.3. The lowest BCUT2D eigenvalue weighted by atomic mass is 9.98. The Balaban J connectivity index is 3.34. The van der Waals surface area contributed by atoms with E-state index in [9.17, 15) is 24.0 Å². The number of hydrogen-bond acceptors (Lipinski definition) is 12. The van der Waals surface area contributed by atoms with Crippen LogP contribution in [0.2, 0.25) is 16.6 Å². The molecule has 16 heteroatoms. The molecule has 1 aliphatic rings. The third-order valence-corrected chi connectivity index (χ3v) is 14.9. The predicted molar refractivity (Wildman–Crippen MR) is 210 cm³/mol. The van der Waals surface area contributed by atoms with Crippen LogP contribution >= 0.6 is 0 Å². The van der Waals surface area contributed by atoms with Crippen molar-refractivity contribution in [3.05, 3.63) is 12.7 Å². The van der Waals surface area contributed by atoms with Gasteiger partial charge in [0, 0.05) is 6.54 Å². The number of amides is 3. The van der Waals surface area contributed by atoms with Crippen LogP contribution in [0.5, 0.6) is 0 Å². The molecule has 0 aromatic rings. The minimum atomic E-state index is -2.83. The zero-order valence-electron chi connectivity index (χ0n) is 34.8. The summed E-state index contributed by atoms with van der Waals surface area (Å²) in [6.07, 6.45) is 2.48. The van der Waals surface area contributed by atoms with Gasteiger partial charge in [-0.1, -0.05) is 60.6 Å². The van der Waals surface area contributed by atoms with Crippen molar-refractivity contribution in [2.24, 2.45) is 10.7 Å². The van der Waals surface area contributed by atoms with Crippen molar-refractivity contribution < 1.29 is 47.3 Å². The van der Waals surface area contributed by atoms with E-state index in [0.717, 1.165) is 19.3 Å². The second-order valence-corrected chi connectivity index (χ2v) is 22.1. The highest BCUT2D eigenvalue weighted by Gasteiger charge is 2.51. The molecule has 0 saturated heterocycles. The van der Waals surface area contributed by atoms with Crippen LogP contribution in [0.4, 0.5) is 9.59 Å². The maximum Gasteiger partial charge on any atom is 0.414 e. The molecule has 5 N–H and O–H groups in total. The van der Waals surface area contributed by atoms with Crippen molar-refractivity contribution in [3.8, 4) is 0 Å². The van der Waals surface area contributed by atoms with E-state index < -0.39 is 67.7 Å². The second-order valence-electron chi connectivity index (χ2n) is 16.7. The molecule has 3 atom stereocenters. The molecule has 0 heterocycles. The van der Waals surface area contributed by atoms with Gasteiger partial charge in [0.05, 0.1) is 6.04 Å². The Morgan fingerprint density at radius 3 is 1.78 bits per heavy atom. The Morgan fingerprint density at radius 1 is 0.833 bits per heavy atom. The van der Waals surface area contributed by atoms with Crippen molar-refractivity contribution in [1.82, 2.24) is 16.0 Å². The molecule has 0 aliphatic heterocycles. The van der Waals surface area contributed by atoms with E-state index in [-0.39, 0.29) is 54.7 Å². The lowest BCUT2D eigenvalue weighted by Gasteiger charge is -2.45. The Morgan fingerprint density at radius 2 is 1.33 bits per heavy atom. The minimum absolute atomic E-state index is 0.0252. The van der Waals surface area contributed by atoms with Gasteiger partial charge in [0.1, 0.15) is 23.9 Å². The first-order valence-electron chi connectivity index (χ1n) is 19.2. The number of nitrogens with zero attached hydrogens (tertiary/aromatic N) is 1. The molecular formula is C38H69N5O10Si. The molecule has 0 unspecified atom stereocenters. The average molecular weight is 784 g/mol. The number of aliphatic imine (C=N–C) groups is 1. The number of carbonyl (C=O) groups excluding carboxylic acids is 5. The Kier molecular flexibility index (Phi) is 19.9. The molecule has 1 rings (SSSR count). The average Bonchev–Trinajstić information content (AvgIpc) is 3.03. The molecule has 54 heavy (non-hydrogen) atoms. The van der Waals surface area contributed by atoms with Crippen molar-refractivity contribution in [1.29, 1.82) is 0 Å². The summed E-state index contributed by atoms with van der Waals surface area (Å²) in [5.41, 5.74) is 4.84. The molecule has 1 fully saturated rings. The Labute approximate surface area is 323 Å². The number of nitrogens with two attached hydrogens (primary N) is 1. The van der Waals surface area contributed by atoms with Crippen molar-refractivity contribution >= 4 is 44.3 Å². The van der Waals surface area contributed by atoms with Gasteiger partial charge in [-0.2, -0.15) is 0 Å². The molecule has 0 bridgehead atoms. The van der Waals surface area contributed by atoms with E-state index in [0.29, 0.717) is 12.8 Å². The number of alkyl carbamates (subject to hydrolysis) is 2. The lowest BCUT2D eigenvalue weighted by Crippen LogP contribution is -2.62. The molecule has 310 valence electrons. The zero-order valence-corrected chi connectivity index (χ0v) is 35.8. The number of nitrogens with one attached hydrogen (secondary N) is 3. The van der Waals surface area contributed by atoms with Gasteiger partial charge in [0.25, 0.3) is 0 Å². The van der Waals surface area contributed by atoms with Crippen molar-refractivity contribution in [2.45, 2.75) is 180 Å². The van der Waals surface area contributed by atoms with Crippen LogP contribution in [0.25, 0.3) is 0 Å². The number of ether oxygens (including phenoxy) is 4. The SMILES string of the molecule is C=CCOC(=O)[C@H](NC(=O)[C@@H](N)CCCN=C(NC(=O)OC(C)(C)C)NC(=O)OC(C)(C)C)[C@@H](O[Si](C(C)C)(C(C)C)C(C)C)C(=O)OC1CCCCC1. The third kappa shape index (κ3) is 16.9. The summed E-state index contributed by atoms with van der Waals surface area (Å²) in [5, 5.41) is 7.48. The van der Waals surface area contributed by atoms with E-state index in [1.165, 1.54) is 6.08 Å². The van der Waals surface area contributed by atoms with E-state index in [1.807, 2.05) is 0 Å². The van der Waals surface area contributed by atoms with Crippen molar-refractivity contribution in [2.75, 3.05) is 13.2 Å². The standard InChI is InChI=1S/C38H69N5O10Si/c1-14-23-49-32(45)29(30(33(46)50-27-19-16-15-17-20-27)53-54(24(2)3,25(4)5)26(6)7)41-31(44)28(39)21-18-22-40-34(42-35(47)51-37(8,9)10)43-36(48)52-38(11,12)13/h14,24-30H,1,15-23,39H2,2-13H3,(H,41,44)(H2,40,42,43,47,48)/t28-,29+,30+/m0/s1. The van der Waals surface area contributed by atoms with Crippen LogP contribution in [0.1, 0.15) is 128 Å². The summed E-state index contributed by atoms with van der Waals surface area (Å²) in [6.45, 7) is 25.9. The highest BCUT2D eigenvalue weighted by atomic mass is 28.4. The van der Waals surface area contributed by atoms with Crippen LogP contribution < -0.4 is 21.7 Å². The molecule has 0 radical (unpaired) electrons. The molecule has 15 nitrogen and oxygen atoms in total. The van der Waals surface area contributed by atoms with Crippen LogP contribution in [0.3, 0.4) is 0 Å². The van der Waals surface area contributed by atoms with Crippen LogP contribution in [-0.2, 0) is 37.8 Å². The molecule has 3 amide bonds. The smallest absolute Gasteiger partial charge is 0.414 e. The van der Waals surface area contributed by atoms with Crippen LogP contribution in [-0.4, -0.2) is 93.0 Å². The fraction of sp³-hybridized carbons (Fsp3) is 0.789. The summed E-state index contributed by atoms with van der Waals surface area (Å²) >= 11 is 0. The summed E-state index contributed by atoms with van der Waals surface area (Å²) < 4.78 is 28.8. The molecular weight excluding hydrogens is 715 g/mol. The quantitative estimate of drug-likeness (QED) is 0.0250. The number of hydrogen-bond donors (Lipinski definition) is 4. The largest absolute Gasteiger partial charge is 0.460 e. The van der Waals surface area contributed by atoms with Gasteiger partial charge in [-0.3, -0.25) is 20.4 Å². The Hall–Kier alpha value is -3.50. The van der Waals surface area contributed by atoms with Gasteiger partial charge in [-0.25, -0.2) is 19.2 Å². The van der Waals surface area contributed by atoms with Gasteiger partial charge < -0.3 is 34.4 Å². The number of rotatable bonds is 17. The molecule has 0 spiro atoms. The van der Waals surface area contributed by atoms with Crippen LogP contribution in [0.15, 0.2) is 17.6 Å². The normalized spacial score (nSPS) is 15.8. The number of carbonyl (C=O) groups is 5. The van der Waals surface area contributed by atoms with E-state index >= 15 is 0 Å². The van der Waals surface area contributed by atoms with Gasteiger partial charge in [-0.15, -0.1) is 0 Å². The van der Waals surface area contributed by atoms with Gasteiger partial charge in [-0.05, 0) is 96.7 Å². The summed E-state index contributed by atoms with van der Waals surface area (Å²) in [6, 6.07) is -2.70. The molecule has 1 aliphatic carbocycles. The minimum Gasteiger partial charge on any atom is -0.460 e. The molecule has 0 aromatic carbocycles. The van der Waals surface area contributed by atoms with E-state index in [2.05, 4.69) is 69.1 Å². The Bertz CT molecular complexity index is 1230. The maximum atomic E-state index is 14.1. The molecule has 0 aromatic heterocycles. The highest BCUT2D eigenvalue weighted by Crippen LogP contribution is 2.43.